The van der Waals surface area contributed by atoms with Gasteiger partial charge in [-0.15, -0.1) is 0 Å². The highest BCUT2D eigenvalue weighted by molar-refractivity contribution is 7.80. The first-order valence-electron chi connectivity index (χ1n) is 11.1. The molecule has 7 heteroatoms. The molecule has 1 atom stereocenters. The largest absolute Gasteiger partial charge is 0.375 e. The van der Waals surface area contributed by atoms with Crippen LogP contribution in [0.5, 0.6) is 0 Å². The number of nitrogens with one attached hydrogen (secondary N) is 1. The van der Waals surface area contributed by atoms with Gasteiger partial charge in [-0.05, 0) is 18.6 Å². The monoisotopic (exact) mass is 457 g/mol. The zero-order valence-corrected chi connectivity index (χ0v) is 18.8. The van der Waals surface area contributed by atoms with Gasteiger partial charge in [0.25, 0.3) is 11.8 Å². The summed E-state index contributed by atoms with van der Waals surface area (Å²) < 4.78 is 10.4. The summed E-state index contributed by atoms with van der Waals surface area (Å²) in [5.74, 6) is -0.0673. The van der Waals surface area contributed by atoms with Crippen LogP contribution < -0.4 is 5.32 Å². The zero-order valence-electron chi connectivity index (χ0n) is 18.0. The fraction of sp³-hybridized carbons (Fsp3) is 0.231. The van der Waals surface area contributed by atoms with Gasteiger partial charge in [0, 0.05) is 64.2 Å². The SMILES string of the molecule is O=C1NC(=O)C2=C1c1cn(c3ccccc13)CCOC(CS)CCn1cc2c2ccccc21. The number of para-hydroxylation sites is 2. The molecule has 166 valence electrons. The van der Waals surface area contributed by atoms with E-state index in [0.717, 1.165) is 45.9 Å². The molecule has 0 saturated heterocycles. The summed E-state index contributed by atoms with van der Waals surface area (Å²) in [6.07, 6.45) is 4.80. The van der Waals surface area contributed by atoms with Crippen LogP contribution in [0.15, 0.2) is 60.9 Å². The number of thiol groups is 1. The van der Waals surface area contributed by atoms with Crippen molar-refractivity contribution in [1.82, 2.24) is 14.5 Å². The molecule has 4 aromatic rings. The number of nitrogens with zero attached hydrogens (tertiary/aromatic N) is 2. The molecule has 4 bridgehead atoms. The molecule has 2 aromatic carbocycles. The summed E-state index contributed by atoms with van der Waals surface area (Å²) in [7, 11) is 0. The lowest BCUT2D eigenvalue weighted by molar-refractivity contribution is -0.122. The first-order chi connectivity index (χ1) is 16.2. The van der Waals surface area contributed by atoms with Gasteiger partial charge in [0.15, 0.2) is 0 Å². The Labute approximate surface area is 196 Å². The Balaban J connectivity index is 1.68. The Hall–Kier alpha value is -3.29. The van der Waals surface area contributed by atoms with Crippen molar-refractivity contribution in [3.8, 4) is 0 Å². The van der Waals surface area contributed by atoms with Gasteiger partial charge in [0.2, 0.25) is 0 Å². The van der Waals surface area contributed by atoms with Gasteiger partial charge >= 0.3 is 0 Å². The maximum absolute atomic E-state index is 13.1. The second kappa shape index (κ2) is 7.93. The molecule has 2 amide bonds. The second-order valence-corrected chi connectivity index (χ2v) is 8.87. The predicted octanol–water partition coefficient (Wildman–Crippen LogP) is 3.88. The normalized spacial score (nSPS) is 19.1. The summed E-state index contributed by atoms with van der Waals surface area (Å²) in [5.41, 5.74) is 4.46. The third-order valence-corrected chi connectivity index (χ3v) is 7.04. The van der Waals surface area contributed by atoms with E-state index >= 15 is 0 Å². The van der Waals surface area contributed by atoms with E-state index in [1.807, 2.05) is 60.9 Å². The molecule has 0 fully saturated rings. The van der Waals surface area contributed by atoms with Crippen LogP contribution in [-0.2, 0) is 27.4 Å². The summed E-state index contributed by atoms with van der Waals surface area (Å²) >= 11 is 4.51. The number of carbonyl (C=O) groups is 2. The molecule has 6 nitrogen and oxygen atoms in total. The summed E-state index contributed by atoms with van der Waals surface area (Å²) in [5, 5.41) is 4.45. The molecule has 2 aromatic heterocycles. The van der Waals surface area contributed by atoms with Crippen molar-refractivity contribution < 1.29 is 14.3 Å². The van der Waals surface area contributed by atoms with E-state index in [2.05, 4.69) is 27.1 Å². The Morgan fingerprint density at radius 2 is 1.39 bits per heavy atom. The Morgan fingerprint density at radius 1 is 0.848 bits per heavy atom. The van der Waals surface area contributed by atoms with Crippen molar-refractivity contribution >= 4 is 57.4 Å². The van der Waals surface area contributed by atoms with Gasteiger partial charge in [0.1, 0.15) is 0 Å². The van der Waals surface area contributed by atoms with E-state index in [1.54, 1.807) is 0 Å². The average molecular weight is 458 g/mol. The molecule has 0 radical (unpaired) electrons. The van der Waals surface area contributed by atoms with Crippen LogP contribution in [0.1, 0.15) is 17.5 Å². The number of imide groups is 1. The molecular weight excluding hydrogens is 434 g/mol. The highest BCUT2D eigenvalue weighted by Crippen LogP contribution is 2.39. The van der Waals surface area contributed by atoms with E-state index in [-0.39, 0.29) is 17.9 Å². The molecule has 0 spiro atoms. The third-order valence-electron chi connectivity index (χ3n) is 6.63. The first-order valence-corrected chi connectivity index (χ1v) is 11.8. The van der Waals surface area contributed by atoms with Gasteiger partial charge in [-0.25, -0.2) is 0 Å². The van der Waals surface area contributed by atoms with Gasteiger partial charge in [-0.2, -0.15) is 12.6 Å². The molecule has 2 aliphatic rings. The second-order valence-electron chi connectivity index (χ2n) is 8.50. The number of hydrogen-bond acceptors (Lipinski definition) is 4. The molecule has 6 rings (SSSR count). The quantitative estimate of drug-likeness (QED) is 0.337. The van der Waals surface area contributed by atoms with Crippen molar-refractivity contribution in [2.75, 3.05) is 12.4 Å². The highest BCUT2D eigenvalue weighted by atomic mass is 32.1. The molecule has 4 heterocycles. The number of benzene rings is 2. The van der Waals surface area contributed by atoms with E-state index in [1.165, 1.54) is 0 Å². The van der Waals surface area contributed by atoms with Crippen LogP contribution in [0.2, 0.25) is 0 Å². The van der Waals surface area contributed by atoms with Crippen molar-refractivity contribution in [1.29, 1.82) is 0 Å². The molecular formula is C26H23N3O3S. The van der Waals surface area contributed by atoms with Crippen LogP contribution in [0.3, 0.4) is 0 Å². The maximum Gasteiger partial charge on any atom is 0.259 e. The molecule has 1 N–H and O–H groups in total. The first kappa shape index (κ1) is 20.3. The fourth-order valence-corrected chi connectivity index (χ4v) is 5.35. The van der Waals surface area contributed by atoms with E-state index in [9.17, 15) is 9.59 Å². The Kier molecular flexibility index (Phi) is 4.89. The number of rotatable bonds is 1. The van der Waals surface area contributed by atoms with Crippen LogP contribution in [-0.4, -0.2) is 39.4 Å². The van der Waals surface area contributed by atoms with Gasteiger partial charge < -0.3 is 13.9 Å². The van der Waals surface area contributed by atoms with E-state index in [4.69, 9.17) is 4.74 Å². The minimum atomic E-state index is -0.354. The smallest absolute Gasteiger partial charge is 0.259 e. The van der Waals surface area contributed by atoms with Crippen LogP contribution in [0, 0.1) is 0 Å². The van der Waals surface area contributed by atoms with Crippen molar-refractivity contribution in [2.24, 2.45) is 0 Å². The topological polar surface area (TPSA) is 65.3 Å². The number of fused-ring (bicyclic) bond motifs is 12. The number of ether oxygens (including phenoxy) is 1. The summed E-state index contributed by atoms with van der Waals surface area (Å²) in [4.78, 5) is 26.2. The lowest BCUT2D eigenvalue weighted by Gasteiger charge is -2.17. The molecule has 0 saturated carbocycles. The third kappa shape index (κ3) is 3.22. The number of aromatic nitrogens is 2. The molecule has 0 aliphatic carbocycles. The number of hydrogen-bond donors (Lipinski definition) is 2. The lowest BCUT2D eigenvalue weighted by atomic mass is 9.95. The Morgan fingerprint density at radius 3 is 1.97 bits per heavy atom. The maximum atomic E-state index is 13.1. The van der Waals surface area contributed by atoms with Crippen LogP contribution >= 0.6 is 12.6 Å². The van der Waals surface area contributed by atoms with Crippen molar-refractivity contribution in [2.45, 2.75) is 25.6 Å². The number of carbonyl (C=O) groups excluding carboxylic acids is 2. The molecule has 33 heavy (non-hydrogen) atoms. The minimum absolute atomic E-state index is 0.0216. The van der Waals surface area contributed by atoms with Crippen molar-refractivity contribution in [3.05, 3.63) is 72.1 Å². The number of aryl methyl sites for hydroxylation is 1. The predicted molar refractivity (Wildman–Crippen MR) is 132 cm³/mol. The van der Waals surface area contributed by atoms with Crippen LogP contribution in [0.25, 0.3) is 33.0 Å². The van der Waals surface area contributed by atoms with Gasteiger partial charge in [-0.3, -0.25) is 14.9 Å². The average Bonchev–Trinajstić information content (AvgIpc) is 3.46. The Bertz CT molecular complexity index is 1460. The van der Waals surface area contributed by atoms with Gasteiger partial charge in [0.05, 0.1) is 23.9 Å². The summed E-state index contributed by atoms with van der Waals surface area (Å²) in [6.45, 7) is 1.92. The molecule has 1 unspecified atom stereocenters. The lowest BCUT2D eigenvalue weighted by Crippen LogP contribution is -2.22. The van der Waals surface area contributed by atoms with E-state index in [0.29, 0.717) is 30.1 Å². The fourth-order valence-electron chi connectivity index (χ4n) is 5.06. The van der Waals surface area contributed by atoms with E-state index < -0.39 is 0 Å². The molecule has 2 aliphatic heterocycles. The van der Waals surface area contributed by atoms with Gasteiger partial charge in [-0.1, -0.05) is 36.4 Å². The van der Waals surface area contributed by atoms with Crippen molar-refractivity contribution in [3.63, 3.8) is 0 Å². The van der Waals surface area contributed by atoms with Crippen LogP contribution in [0.4, 0.5) is 0 Å². The number of amides is 2. The summed E-state index contributed by atoms with van der Waals surface area (Å²) in [6, 6.07) is 16.0. The zero-order chi connectivity index (χ0) is 22.5. The standard InChI is InChI=1S/C26H23N3O3S/c30-25-23-19-13-28(21-7-3-1-5-17(19)21)10-9-16(15-33)32-12-11-29-14-20(24(23)26(31)27-25)18-6-2-4-8-22(18)29/h1-8,13-14,16,33H,9-12,15H2,(H,27,30,31). The highest BCUT2D eigenvalue weighted by Gasteiger charge is 2.35. The minimum Gasteiger partial charge on any atom is -0.375 e.